The highest BCUT2D eigenvalue weighted by molar-refractivity contribution is 4.80. The number of epoxide rings is 1. The second-order valence-corrected chi connectivity index (χ2v) is 4.13. The van der Waals surface area contributed by atoms with Gasteiger partial charge in [-0.3, -0.25) is 0 Å². The van der Waals surface area contributed by atoms with Crippen molar-refractivity contribution in [3.8, 4) is 0 Å². The third-order valence-corrected chi connectivity index (χ3v) is 2.61. The number of ether oxygens (including phenoxy) is 3. The Kier molecular flexibility index (Phi) is 5.45. The molecule has 0 aromatic carbocycles. The van der Waals surface area contributed by atoms with Crippen molar-refractivity contribution in [2.24, 2.45) is 5.92 Å². The molecule has 0 bridgehead atoms. The Balaban J connectivity index is 1.85. The molecule has 0 saturated carbocycles. The van der Waals surface area contributed by atoms with E-state index in [9.17, 15) is 0 Å². The first-order chi connectivity index (χ1) is 6.74. The summed E-state index contributed by atoms with van der Waals surface area (Å²) in [5.74, 6) is 0.628. The highest BCUT2D eigenvalue weighted by atomic mass is 16.6. The van der Waals surface area contributed by atoms with E-state index in [1.54, 1.807) is 7.11 Å². The molecule has 3 nitrogen and oxygen atoms in total. The molecular weight excluding hydrogens is 180 g/mol. The Hall–Kier alpha value is -0.120. The van der Waals surface area contributed by atoms with Gasteiger partial charge in [0.05, 0.1) is 25.4 Å². The first kappa shape index (κ1) is 12.0. The lowest BCUT2D eigenvalue weighted by Gasteiger charge is -2.10. The van der Waals surface area contributed by atoms with Crippen LogP contribution in [0.1, 0.15) is 26.7 Å². The molecule has 3 heteroatoms. The van der Waals surface area contributed by atoms with Crippen LogP contribution >= 0.6 is 0 Å². The van der Waals surface area contributed by atoms with E-state index in [4.69, 9.17) is 14.2 Å². The van der Waals surface area contributed by atoms with Gasteiger partial charge >= 0.3 is 0 Å². The van der Waals surface area contributed by atoms with Crippen molar-refractivity contribution in [1.82, 2.24) is 0 Å². The molecule has 1 fully saturated rings. The molecule has 1 rings (SSSR count). The Morgan fingerprint density at radius 3 is 2.64 bits per heavy atom. The van der Waals surface area contributed by atoms with Gasteiger partial charge in [0, 0.05) is 13.7 Å². The molecule has 84 valence electrons. The first-order valence-corrected chi connectivity index (χ1v) is 5.46. The zero-order valence-corrected chi connectivity index (χ0v) is 9.49. The van der Waals surface area contributed by atoms with Gasteiger partial charge < -0.3 is 14.2 Å². The van der Waals surface area contributed by atoms with E-state index in [0.717, 1.165) is 6.61 Å². The Bertz CT molecular complexity index is 149. The van der Waals surface area contributed by atoms with Crippen molar-refractivity contribution in [2.75, 3.05) is 26.9 Å². The molecule has 1 aliphatic rings. The topological polar surface area (TPSA) is 31.0 Å². The molecule has 3 unspecified atom stereocenters. The van der Waals surface area contributed by atoms with E-state index in [-0.39, 0.29) is 0 Å². The van der Waals surface area contributed by atoms with Gasteiger partial charge in [0.15, 0.2) is 0 Å². The molecule has 0 aromatic heterocycles. The van der Waals surface area contributed by atoms with Crippen LogP contribution in [0.2, 0.25) is 0 Å². The Morgan fingerprint density at radius 1 is 1.36 bits per heavy atom. The van der Waals surface area contributed by atoms with Crippen LogP contribution < -0.4 is 0 Å². The van der Waals surface area contributed by atoms with Crippen molar-refractivity contribution in [3.05, 3.63) is 0 Å². The minimum absolute atomic E-state index is 0.497. The number of hydrogen-bond acceptors (Lipinski definition) is 3. The molecule has 0 amide bonds. The standard InChI is InChI=1S/C11H22O3/c1-9(8-13-7-6-12-3)4-5-11-10(2)14-11/h9-11H,4-8H2,1-3H3. The fourth-order valence-corrected chi connectivity index (χ4v) is 1.49. The fraction of sp³-hybridized carbons (Fsp3) is 1.00. The fourth-order valence-electron chi connectivity index (χ4n) is 1.49. The summed E-state index contributed by atoms with van der Waals surface area (Å²) in [6.07, 6.45) is 3.39. The maximum absolute atomic E-state index is 5.45. The lowest BCUT2D eigenvalue weighted by atomic mass is 10.0. The van der Waals surface area contributed by atoms with Gasteiger partial charge in [0.25, 0.3) is 0 Å². The lowest BCUT2D eigenvalue weighted by molar-refractivity contribution is 0.0522. The zero-order valence-electron chi connectivity index (χ0n) is 9.49. The summed E-state index contributed by atoms with van der Waals surface area (Å²) in [5, 5.41) is 0. The van der Waals surface area contributed by atoms with Gasteiger partial charge in [-0.25, -0.2) is 0 Å². The van der Waals surface area contributed by atoms with Gasteiger partial charge in [-0.15, -0.1) is 0 Å². The molecule has 1 aliphatic heterocycles. The summed E-state index contributed by atoms with van der Waals surface area (Å²) in [6.45, 7) is 6.58. The highest BCUT2D eigenvalue weighted by Crippen LogP contribution is 2.27. The van der Waals surface area contributed by atoms with Gasteiger partial charge in [-0.2, -0.15) is 0 Å². The van der Waals surface area contributed by atoms with Gasteiger partial charge in [-0.1, -0.05) is 6.92 Å². The smallest absolute Gasteiger partial charge is 0.0839 e. The molecule has 14 heavy (non-hydrogen) atoms. The third-order valence-electron chi connectivity index (χ3n) is 2.61. The normalized spacial score (nSPS) is 27.6. The van der Waals surface area contributed by atoms with Crippen molar-refractivity contribution in [2.45, 2.75) is 38.9 Å². The SMILES string of the molecule is COCCOCC(C)CCC1OC1C. The van der Waals surface area contributed by atoms with E-state index in [0.29, 0.717) is 31.3 Å². The minimum Gasteiger partial charge on any atom is -0.382 e. The largest absolute Gasteiger partial charge is 0.382 e. The Morgan fingerprint density at radius 2 is 2.07 bits per heavy atom. The van der Waals surface area contributed by atoms with Gasteiger partial charge in [0.2, 0.25) is 0 Å². The third kappa shape index (κ3) is 4.94. The summed E-state index contributed by atoms with van der Waals surface area (Å²) in [7, 11) is 1.69. The predicted octanol–water partition coefficient (Wildman–Crippen LogP) is 1.85. The average Bonchev–Trinajstić information content (AvgIpc) is 2.86. The van der Waals surface area contributed by atoms with E-state index < -0.39 is 0 Å². The molecule has 0 spiro atoms. The summed E-state index contributed by atoms with van der Waals surface area (Å²) in [4.78, 5) is 0. The maximum atomic E-state index is 5.45. The quantitative estimate of drug-likeness (QED) is 0.444. The molecule has 0 aromatic rings. The average molecular weight is 202 g/mol. The van der Waals surface area contributed by atoms with Crippen LogP contribution in [0.3, 0.4) is 0 Å². The summed E-state index contributed by atoms with van der Waals surface area (Å²) in [6, 6.07) is 0. The van der Waals surface area contributed by atoms with E-state index in [2.05, 4.69) is 13.8 Å². The zero-order chi connectivity index (χ0) is 10.4. The number of hydrogen-bond donors (Lipinski definition) is 0. The van der Waals surface area contributed by atoms with Gasteiger partial charge in [-0.05, 0) is 25.7 Å². The van der Waals surface area contributed by atoms with Crippen LogP contribution in [0.25, 0.3) is 0 Å². The molecule has 0 radical (unpaired) electrons. The van der Waals surface area contributed by atoms with Crippen LogP contribution in [0.15, 0.2) is 0 Å². The maximum Gasteiger partial charge on any atom is 0.0839 e. The van der Waals surface area contributed by atoms with Crippen molar-refractivity contribution in [3.63, 3.8) is 0 Å². The van der Waals surface area contributed by atoms with Crippen LogP contribution in [0.5, 0.6) is 0 Å². The molecule has 0 N–H and O–H groups in total. The Labute approximate surface area is 86.7 Å². The van der Waals surface area contributed by atoms with Crippen molar-refractivity contribution >= 4 is 0 Å². The summed E-state index contributed by atoms with van der Waals surface area (Å²) in [5.41, 5.74) is 0. The van der Waals surface area contributed by atoms with Crippen LogP contribution in [-0.2, 0) is 14.2 Å². The van der Waals surface area contributed by atoms with Crippen LogP contribution in [0, 0.1) is 5.92 Å². The van der Waals surface area contributed by atoms with Crippen molar-refractivity contribution in [1.29, 1.82) is 0 Å². The van der Waals surface area contributed by atoms with E-state index in [1.807, 2.05) is 0 Å². The molecular formula is C11H22O3. The second kappa shape index (κ2) is 6.38. The predicted molar refractivity (Wildman–Crippen MR) is 55.4 cm³/mol. The van der Waals surface area contributed by atoms with Crippen LogP contribution in [-0.4, -0.2) is 39.1 Å². The van der Waals surface area contributed by atoms with E-state index in [1.165, 1.54) is 12.8 Å². The second-order valence-electron chi connectivity index (χ2n) is 4.13. The van der Waals surface area contributed by atoms with Crippen LogP contribution in [0.4, 0.5) is 0 Å². The van der Waals surface area contributed by atoms with E-state index >= 15 is 0 Å². The van der Waals surface area contributed by atoms with Crippen molar-refractivity contribution < 1.29 is 14.2 Å². The summed E-state index contributed by atoms with van der Waals surface area (Å²) >= 11 is 0. The van der Waals surface area contributed by atoms with Gasteiger partial charge in [0.1, 0.15) is 0 Å². The lowest BCUT2D eigenvalue weighted by Crippen LogP contribution is -2.10. The highest BCUT2D eigenvalue weighted by Gasteiger charge is 2.33. The molecule has 1 saturated heterocycles. The minimum atomic E-state index is 0.497. The summed E-state index contributed by atoms with van der Waals surface area (Å²) < 4.78 is 15.7. The number of rotatable bonds is 8. The molecule has 3 atom stereocenters. The first-order valence-electron chi connectivity index (χ1n) is 5.46. The number of methoxy groups -OCH3 is 1. The molecule has 0 aliphatic carbocycles. The molecule has 1 heterocycles. The monoisotopic (exact) mass is 202 g/mol.